The second kappa shape index (κ2) is 7.45. The van der Waals surface area contributed by atoms with Gasteiger partial charge in [0, 0.05) is 64.3 Å². The van der Waals surface area contributed by atoms with Crippen LogP contribution in [0.1, 0.15) is 47.9 Å². The number of hydrogen-bond donors (Lipinski definition) is 0. The minimum absolute atomic E-state index is 0.00597. The van der Waals surface area contributed by atoms with E-state index >= 15 is 0 Å². The van der Waals surface area contributed by atoms with Crippen molar-refractivity contribution in [2.75, 3.05) is 39.3 Å². The summed E-state index contributed by atoms with van der Waals surface area (Å²) in [5.41, 5.74) is 2.69. The van der Waals surface area contributed by atoms with Gasteiger partial charge in [-0.2, -0.15) is 0 Å². The molecule has 1 aromatic heterocycles. The van der Waals surface area contributed by atoms with E-state index in [1.807, 2.05) is 11.0 Å². The summed E-state index contributed by atoms with van der Waals surface area (Å²) in [6.45, 7) is 7.38. The van der Waals surface area contributed by atoms with E-state index in [0.29, 0.717) is 12.2 Å². The van der Waals surface area contributed by atoms with Gasteiger partial charge in [0.25, 0.3) is 0 Å². The van der Waals surface area contributed by atoms with Crippen molar-refractivity contribution in [3.8, 4) is 0 Å². The maximum Gasteiger partial charge on any atom is 0.236 e. The molecule has 1 saturated carbocycles. The second-order valence-electron chi connectivity index (χ2n) is 7.82. The van der Waals surface area contributed by atoms with Crippen molar-refractivity contribution in [3.05, 3.63) is 29.1 Å². The molecule has 1 amide bonds. The van der Waals surface area contributed by atoms with Gasteiger partial charge in [0.05, 0.1) is 6.54 Å². The molecule has 26 heavy (non-hydrogen) atoms. The molecule has 6 heteroatoms. The lowest BCUT2D eigenvalue weighted by atomic mass is 9.91. The third-order valence-corrected chi connectivity index (χ3v) is 6.10. The van der Waals surface area contributed by atoms with Crippen molar-refractivity contribution < 1.29 is 9.59 Å². The van der Waals surface area contributed by atoms with Crippen LogP contribution in [0.15, 0.2) is 12.1 Å². The fourth-order valence-corrected chi connectivity index (χ4v) is 4.19. The van der Waals surface area contributed by atoms with Crippen LogP contribution in [-0.4, -0.2) is 76.7 Å². The number of carbonyl (C=O) groups is 2. The monoisotopic (exact) mass is 356 g/mol. The van der Waals surface area contributed by atoms with E-state index in [1.54, 1.807) is 13.0 Å². The predicted octanol–water partition coefficient (Wildman–Crippen LogP) is 1.34. The molecule has 140 valence electrons. The van der Waals surface area contributed by atoms with E-state index in [9.17, 15) is 9.59 Å². The highest BCUT2D eigenvalue weighted by atomic mass is 16.2. The maximum atomic E-state index is 12.7. The summed E-state index contributed by atoms with van der Waals surface area (Å²) in [4.78, 5) is 35.4. The van der Waals surface area contributed by atoms with Gasteiger partial charge >= 0.3 is 0 Å². The molecule has 4 rings (SSSR count). The van der Waals surface area contributed by atoms with Gasteiger partial charge < -0.3 is 4.90 Å². The van der Waals surface area contributed by atoms with Crippen LogP contribution in [0.25, 0.3) is 0 Å². The van der Waals surface area contributed by atoms with Gasteiger partial charge in [0.15, 0.2) is 5.78 Å². The molecule has 0 atom stereocenters. The van der Waals surface area contributed by atoms with E-state index in [0.717, 1.165) is 63.0 Å². The third kappa shape index (κ3) is 3.67. The predicted molar refractivity (Wildman–Crippen MR) is 99.0 cm³/mol. The number of ketones is 1. The molecule has 1 saturated heterocycles. The van der Waals surface area contributed by atoms with Gasteiger partial charge in [0.2, 0.25) is 5.91 Å². The van der Waals surface area contributed by atoms with E-state index < -0.39 is 0 Å². The first-order valence-electron chi connectivity index (χ1n) is 9.84. The number of nitrogens with zero attached hydrogens (tertiary/aromatic N) is 4. The van der Waals surface area contributed by atoms with Crippen LogP contribution in [0.2, 0.25) is 0 Å². The summed E-state index contributed by atoms with van der Waals surface area (Å²) < 4.78 is 0. The maximum absolute atomic E-state index is 12.7. The summed E-state index contributed by atoms with van der Waals surface area (Å²) in [5.74, 6) is 0.251. The number of amides is 1. The Morgan fingerprint density at radius 1 is 1.12 bits per heavy atom. The van der Waals surface area contributed by atoms with E-state index in [1.165, 1.54) is 19.3 Å². The first-order valence-corrected chi connectivity index (χ1v) is 9.84. The molecule has 0 bridgehead atoms. The number of pyridine rings is 1. The average molecular weight is 356 g/mol. The molecule has 1 aromatic rings. The molecule has 6 nitrogen and oxygen atoms in total. The van der Waals surface area contributed by atoms with Crippen LogP contribution in [0.3, 0.4) is 0 Å². The van der Waals surface area contributed by atoms with Crippen LogP contribution in [0.5, 0.6) is 0 Å². The number of rotatable bonds is 4. The molecule has 0 spiro atoms. The molecule has 2 aliphatic heterocycles. The Morgan fingerprint density at radius 2 is 1.88 bits per heavy atom. The molecule has 0 unspecified atom stereocenters. The van der Waals surface area contributed by atoms with Gasteiger partial charge in [0.1, 0.15) is 5.69 Å². The fourth-order valence-electron chi connectivity index (χ4n) is 4.19. The van der Waals surface area contributed by atoms with Crippen LogP contribution < -0.4 is 0 Å². The Balaban J connectivity index is 1.29. The normalized spacial score (nSPS) is 22.0. The zero-order chi connectivity index (χ0) is 18.1. The number of hydrogen-bond acceptors (Lipinski definition) is 5. The third-order valence-electron chi connectivity index (χ3n) is 6.10. The van der Waals surface area contributed by atoms with Gasteiger partial charge in [-0.1, -0.05) is 12.5 Å². The summed E-state index contributed by atoms with van der Waals surface area (Å²) in [6.07, 6.45) is 4.84. The first kappa shape index (κ1) is 17.6. The van der Waals surface area contributed by atoms with Gasteiger partial charge in [-0.25, -0.2) is 4.98 Å². The van der Waals surface area contributed by atoms with E-state index in [2.05, 4.69) is 14.8 Å². The topological polar surface area (TPSA) is 56.8 Å². The SMILES string of the molecule is CC(=O)c1ccc2c(n1)CCN(CC(=O)N1CCN(C3CCC3)CC1)C2. The summed E-state index contributed by atoms with van der Waals surface area (Å²) in [5, 5.41) is 0. The van der Waals surface area contributed by atoms with Crippen LogP contribution in [0.4, 0.5) is 0 Å². The minimum Gasteiger partial charge on any atom is -0.339 e. The van der Waals surface area contributed by atoms with Crippen molar-refractivity contribution in [2.45, 2.75) is 45.2 Å². The summed E-state index contributed by atoms with van der Waals surface area (Å²) in [7, 11) is 0. The molecule has 0 N–H and O–H groups in total. The molecule has 1 aliphatic carbocycles. The zero-order valence-electron chi connectivity index (χ0n) is 15.6. The van der Waals surface area contributed by atoms with Crippen molar-refractivity contribution in [3.63, 3.8) is 0 Å². The number of carbonyl (C=O) groups excluding carboxylic acids is 2. The van der Waals surface area contributed by atoms with Crippen LogP contribution in [0, 0.1) is 0 Å². The molecule has 0 radical (unpaired) electrons. The second-order valence-corrected chi connectivity index (χ2v) is 7.82. The summed E-state index contributed by atoms with van der Waals surface area (Å²) in [6, 6.07) is 4.57. The molecule has 0 aromatic carbocycles. The number of aromatic nitrogens is 1. The Bertz CT molecular complexity index is 693. The fraction of sp³-hybridized carbons (Fsp3) is 0.650. The number of Topliss-reactive ketones (excluding diaryl/α,β-unsaturated/α-hetero) is 1. The van der Waals surface area contributed by atoms with Gasteiger partial charge in [-0.3, -0.25) is 19.4 Å². The lowest BCUT2D eigenvalue weighted by Crippen LogP contribution is -2.55. The quantitative estimate of drug-likeness (QED) is 0.762. The Labute approximate surface area is 155 Å². The Morgan fingerprint density at radius 3 is 2.54 bits per heavy atom. The molecular formula is C20H28N4O2. The lowest BCUT2D eigenvalue weighted by Gasteiger charge is -2.43. The van der Waals surface area contributed by atoms with Crippen molar-refractivity contribution in [1.82, 2.24) is 19.7 Å². The standard InChI is InChI=1S/C20H28N4O2/c1-15(25)18-6-5-16-13-22(8-7-19(16)21-18)14-20(26)24-11-9-23(10-12-24)17-3-2-4-17/h5-6,17H,2-4,7-14H2,1H3. The Hall–Kier alpha value is -1.79. The van der Waals surface area contributed by atoms with Gasteiger partial charge in [-0.15, -0.1) is 0 Å². The highest BCUT2D eigenvalue weighted by Gasteiger charge is 2.30. The number of piperazine rings is 1. The van der Waals surface area contributed by atoms with E-state index in [4.69, 9.17) is 0 Å². The highest BCUT2D eigenvalue weighted by molar-refractivity contribution is 5.92. The largest absolute Gasteiger partial charge is 0.339 e. The van der Waals surface area contributed by atoms with Crippen LogP contribution in [-0.2, 0) is 17.8 Å². The minimum atomic E-state index is 0.00597. The molecule has 2 fully saturated rings. The average Bonchev–Trinajstić information content (AvgIpc) is 2.60. The highest BCUT2D eigenvalue weighted by Crippen LogP contribution is 2.25. The smallest absolute Gasteiger partial charge is 0.236 e. The molecule has 3 aliphatic rings. The molecular weight excluding hydrogens is 328 g/mol. The zero-order valence-corrected chi connectivity index (χ0v) is 15.6. The van der Waals surface area contributed by atoms with E-state index in [-0.39, 0.29) is 11.7 Å². The number of fused-ring (bicyclic) bond motifs is 1. The lowest BCUT2D eigenvalue weighted by molar-refractivity contribution is -0.135. The molecule has 3 heterocycles. The van der Waals surface area contributed by atoms with Crippen LogP contribution >= 0.6 is 0 Å². The Kier molecular flexibility index (Phi) is 5.05. The summed E-state index contributed by atoms with van der Waals surface area (Å²) >= 11 is 0. The van der Waals surface area contributed by atoms with Crippen molar-refractivity contribution in [1.29, 1.82) is 0 Å². The van der Waals surface area contributed by atoms with Crippen molar-refractivity contribution in [2.24, 2.45) is 0 Å². The van der Waals surface area contributed by atoms with Crippen molar-refractivity contribution >= 4 is 11.7 Å². The first-order chi connectivity index (χ1) is 12.6. The van der Waals surface area contributed by atoms with Gasteiger partial charge in [-0.05, 0) is 24.5 Å².